The Morgan fingerprint density at radius 2 is 1.76 bits per heavy atom. The van der Waals surface area contributed by atoms with Crippen LogP contribution in [0.15, 0.2) is 66.9 Å². The summed E-state index contributed by atoms with van der Waals surface area (Å²) < 4.78 is 1.80. The van der Waals surface area contributed by atoms with Crippen molar-refractivity contribution in [3.63, 3.8) is 0 Å². The van der Waals surface area contributed by atoms with Crippen LogP contribution in [0.2, 0.25) is 0 Å². The summed E-state index contributed by atoms with van der Waals surface area (Å²) in [6.45, 7) is 3.79. The van der Waals surface area contributed by atoms with E-state index in [1.54, 1.807) is 4.52 Å². The van der Waals surface area contributed by atoms with Gasteiger partial charge in [-0.25, -0.2) is 9.97 Å². The highest BCUT2D eigenvalue weighted by molar-refractivity contribution is 5.90. The molecule has 3 aromatic heterocycles. The van der Waals surface area contributed by atoms with Gasteiger partial charge in [0.25, 0.3) is 0 Å². The quantitative estimate of drug-likeness (QED) is 0.439. The van der Waals surface area contributed by atoms with Crippen molar-refractivity contribution in [1.82, 2.24) is 19.6 Å². The van der Waals surface area contributed by atoms with Gasteiger partial charge in [0.1, 0.15) is 0 Å². The minimum atomic E-state index is -0.688. The fourth-order valence-electron chi connectivity index (χ4n) is 5.13. The maximum Gasteiger partial charge on any atom is 0.165 e. The monoisotopic (exact) mass is 434 g/mol. The lowest BCUT2D eigenvalue weighted by molar-refractivity contribution is -0.0738. The smallest absolute Gasteiger partial charge is 0.165 e. The summed E-state index contributed by atoms with van der Waals surface area (Å²) in [5.74, 6) is 0. The molecule has 6 rings (SSSR count). The first-order valence-corrected chi connectivity index (χ1v) is 11.1. The van der Waals surface area contributed by atoms with Gasteiger partial charge in [-0.05, 0) is 49.9 Å². The SMILES string of the molecule is Cc1cc2ncc3cc(-c4cc[c]cc4)c(-c4ccc(C5(N)CC(C)(O)C5)cc4)nc3n2n1. The third-order valence-electron chi connectivity index (χ3n) is 6.54. The van der Waals surface area contributed by atoms with Crippen molar-refractivity contribution in [1.29, 1.82) is 0 Å². The zero-order chi connectivity index (χ0) is 22.8. The summed E-state index contributed by atoms with van der Waals surface area (Å²) in [5.41, 5.74) is 12.8. The molecule has 0 aliphatic heterocycles. The molecule has 1 aliphatic carbocycles. The lowest BCUT2D eigenvalue weighted by Crippen LogP contribution is -2.58. The predicted molar refractivity (Wildman–Crippen MR) is 128 cm³/mol. The summed E-state index contributed by atoms with van der Waals surface area (Å²) >= 11 is 0. The molecule has 1 aliphatic rings. The van der Waals surface area contributed by atoms with E-state index >= 15 is 0 Å². The van der Waals surface area contributed by atoms with E-state index in [1.165, 1.54) is 0 Å². The summed E-state index contributed by atoms with van der Waals surface area (Å²) in [7, 11) is 0. The number of fused-ring (bicyclic) bond motifs is 3. The first-order valence-electron chi connectivity index (χ1n) is 11.1. The van der Waals surface area contributed by atoms with Crippen molar-refractivity contribution < 1.29 is 5.11 Å². The Morgan fingerprint density at radius 3 is 2.45 bits per heavy atom. The fourth-order valence-corrected chi connectivity index (χ4v) is 5.13. The molecule has 1 fully saturated rings. The van der Waals surface area contributed by atoms with Gasteiger partial charge in [-0.3, -0.25) is 0 Å². The standard InChI is InChI=1S/C27H24N5O/c1-17-12-23-29-14-20-13-22(18-6-4-3-5-7-18)24(30-25(20)32(23)31-17)19-8-10-21(11-9-19)27(28)15-26(2,33)16-27/h4-14,33H,15-16,28H2,1-2H3. The highest BCUT2D eigenvalue weighted by Crippen LogP contribution is 2.46. The number of pyridine rings is 1. The molecule has 0 unspecified atom stereocenters. The zero-order valence-corrected chi connectivity index (χ0v) is 18.6. The van der Waals surface area contributed by atoms with Crippen molar-refractivity contribution in [2.24, 2.45) is 5.73 Å². The van der Waals surface area contributed by atoms with Crippen molar-refractivity contribution in [3.8, 4) is 22.4 Å². The van der Waals surface area contributed by atoms with Gasteiger partial charge in [0, 0.05) is 34.3 Å². The minimum absolute atomic E-state index is 0.485. The van der Waals surface area contributed by atoms with E-state index in [0.29, 0.717) is 12.8 Å². The lowest BCUT2D eigenvalue weighted by Gasteiger charge is -2.49. The van der Waals surface area contributed by atoms with Gasteiger partial charge in [0.05, 0.1) is 17.0 Å². The van der Waals surface area contributed by atoms with Gasteiger partial charge < -0.3 is 10.8 Å². The second kappa shape index (κ2) is 6.94. The Bertz CT molecular complexity index is 1500. The van der Waals surface area contributed by atoms with E-state index in [9.17, 15) is 5.11 Å². The molecule has 6 heteroatoms. The molecule has 2 aromatic carbocycles. The number of benzene rings is 2. The normalized spacial score (nSPS) is 22.5. The maximum atomic E-state index is 10.2. The number of nitrogens with zero attached hydrogens (tertiary/aromatic N) is 4. The van der Waals surface area contributed by atoms with E-state index < -0.39 is 11.1 Å². The molecule has 3 N–H and O–H groups in total. The molecule has 0 amide bonds. The number of hydrogen-bond acceptors (Lipinski definition) is 5. The molecule has 6 nitrogen and oxygen atoms in total. The van der Waals surface area contributed by atoms with E-state index in [2.05, 4.69) is 46.5 Å². The first kappa shape index (κ1) is 20.0. The average Bonchev–Trinajstić information content (AvgIpc) is 3.18. The first-order chi connectivity index (χ1) is 15.8. The molecular formula is C27H24N5O. The molecule has 1 saturated carbocycles. The molecule has 1 radical (unpaired) electrons. The largest absolute Gasteiger partial charge is 0.390 e. The summed E-state index contributed by atoms with van der Waals surface area (Å²) in [4.78, 5) is 9.64. The Hall–Kier alpha value is -3.61. The van der Waals surface area contributed by atoms with Crippen molar-refractivity contribution in [3.05, 3.63) is 84.2 Å². The van der Waals surface area contributed by atoms with Crippen LogP contribution in [0.4, 0.5) is 0 Å². The third kappa shape index (κ3) is 3.30. The van der Waals surface area contributed by atoms with E-state index in [1.807, 2.05) is 50.4 Å². The van der Waals surface area contributed by atoms with Crippen LogP contribution in [0.1, 0.15) is 31.0 Å². The molecule has 163 valence electrons. The Balaban J connectivity index is 1.53. The highest BCUT2D eigenvalue weighted by atomic mass is 16.3. The molecular weight excluding hydrogens is 410 g/mol. The molecule has 3 heterocycles. The number of aryl methyl sites for hydroxylation is 1. The second-order valence-electron chi connectivity index (χ2n) is 9.48. The predicted octanol–water partition coefficient (Wildman–Crippen LogP) is 4.42. The van der Waals surface area contributed by atoms with Crippen molar-refractivity contribution in [2.75, 3.05) is 0 Å². The van der Waals surface area contributed by atoms with Crippen LogP contribution >= 0.6 is 0 Å². The Labute approximate surface area is 191 Å². The number of aliphatic hydroxyl groups is 1. The van der Waals surface area contributed by atoms with E-state index in [-0.39, 0.29) is 0 Å². The van der Waals surface area contributed by atoms with Crippen molar-refractivity contribution >= 4 is 16.7 Å². The number of nitrogens with two attached hydrogens (primary N) is 1. The van der Waals surface area contributed by atoms with Gasteiger partial charge in [0.15, 0.2) is 11.3 Å². The van der Waals surface area contributed by atoms with Crippen LogP contribution in [-0.4, -0.2) is 30.3 Å². The summed E-state index contributed by atoms with van der Waals surface area (Å²) in [5, 5.41) is 15.7. The van der Waals surface area contributed by atoms with Crippen LogP contribution in [0.3, 0.4) is 0 Å². The summed E-state index contributed by atoms with van der Waals surface area (Å²) in [6.07, 6.45) is 2.97. The van der Waals surface area contributed by atoms with Gasteiger partial charge in [-0.1, -0.05) is 48.5 Å². The molecule has 33 heavy (non-hydrogen) atoms. The lowest BCUT2D eigenvalue weighted by atomic mass is 9.63. The van der Waals surface area contributed by atoms with Gasteiger partial charge in [-0.2, -0.15) is 9.61 Å². The average molecular weight is 435 g/mol. The number of rotatable bonds is 3. The minimum Gasteiger partial charge on any atom is -0.390 e. The second-order valence-corrected chi connectivity index (χ2v) is 9.48. The molecule has 0 saturated heterocycles. The Kier molecular flexibility index (Phi) is 4.21. The summed E-state index contributed by atoms with van der Waals surface area (Å²) in [6, 6.07) is 23.3. The van der Waals surface area contributed by atoms with Crippen LogP contribution < -0.4 is 5.73 Å². The zero-order valence-electron chi connectivity index (χ0n) is 18.6. The topological polar surface area (TPSA) is 89.3 Å². The molecule has 0 spiro atoms. The van der Waals surface area contributed by atoms with Gasteiger partial charge in [0.2, 0.25) is 0 Å². The van der Waals surface area contributed by atoms with Gasteiger partial charge >= 0.3 is 0 Å². The Morgan fingerprint density at radius 1 is 1.03 bits per heavy atom. The number of aromatic nitrogens is 4. The van der Waals surface area contributed by atoms with Gasteiger partial charge in [-0.15, -0.1) is 0 Å². The van der Waals surface area contributed by atoms with E-state index in [4.69, 9.17) is 10.7 Å². The molecule has 0 atom stereocenters. The highest BCUT2D eigenvalue weighted by Gasteiger charge is 2.49. The molecule has 5 aromatic rings. The van der Waals surface area contributed by atoms with Crippen LogP contribution in [-0.2, 0) is 5.54 Å². The molecule has 0 bridgehead atoms. The van der Waals surface area contributed by atoms with Crippen LogP contribution in [0.25, 0.3) is 39.1 Å². The van der Waals surface area contributed by atoms with E-state index in [0.717, 1.165) is 50.3 Å². The fraction of sp³-hybridized carbons (Fsp3) is 0.222. The number of hydrogen-bond donors (Lipinski definition) is 2. The third-order valence-corrected chi connectivity index (χ3v) is 6.54. The van der Waals surface area contributed by atoms with Crippen molar-refractivity contribution in [2.45, 2.75) is 37.8 Å². The van der Waals surface area contributed by atoms with Crippen LogP contribution in [0, 0.1) is 13.0 Å². The van der Waals surface area contributed by atoms with Crippen LogP contribution in [0.5, 0.6) is 0 Å². The maximum absolute atomic E-state index is 10.2.